The lowest BCUT2D eigenvalue weighted by Gasteiger charge is -2.38. The monoisotopic (exact) mass is 191 g/mol. The van der Waals surface area contributed by atoms with E-state index < -0.39 is 11.4 Å². The average molecular weight is 191 g/mol. The maximum absolute atomic E-state index is 11.2. The van der Waals surface area contributed by atoms with Crippen LogP contribution in [0.2, 0.25) is 0 Å². The number of rotatable bonds is 2. The molecule has 0 heterocycles. The largest absolute Gasteiger partial charge is 0.481 e. The summed E-state index contributed by atoms with van der Waals surface area (Å²) in [6.07, 6.45) is 2.44. The first-order chi connectivity index (χ1) is 6.65. The summed E-state index contributed by atoms with van der Waals surface area (Å²) in [7, 11) is 0. The van der Waals surface area contributed by atoms with E-state index in [4.69, 9.17) is 5.73 Å². The quantitative estimate of drug-likeness (QED) is 0.700. The highest BCUT2D eigenvalue weighted by Gasteiger charge is 2.45. The van der Waals surface area contributed by atoms with Crippen LogP contribution in [0, 0.1) is 0 Å². The summed E-state index contributed by atoms with van der Waals surface area (Å²) >= 11 is 0. The van der Waals surface area contributed by atoms with E-state index in [0.717, 1.165) is 24.8 Å². The van der Waals surface area contributed by atoms with Crippen LogP contribution in [-0.2, 0) is 10.2 Å². The van der Waals surface area contributed by atoms with Gasteiger partial charge in [-0.2, -0.15) is 0 Å². The summed E-state index contributed by atoms with van der Waals surface area (Å²) in [5.41, 5.74) is 6.46. The predicted molar refractivity (Wildman–Crippen MR) is 54.0 cm³/mol. The van der Waals surface area contributed by atoms with E-state index >= 15 is 0 Å². The van der Waals surface area contributed by atoms with Gasteiger partial charge in [0.15, 0.2) is 0 Å². The molecule has 1 saturated carbocycles. The van der Waals surface area contributed by atoms with Crippen molar-refractivity contribution in [3.05, 3.63) is 29.8 Å². The molecule has 0 aromatic heterocycles. The summed E-state index contributed by atoms with van der Waals surface area (Å²) in [5.74, 6) is -0.727. The number of anilines is 1. The summed E-state index contributed by atoms with van der Waals surface area (Å²) in [6.45, 7) is 0. The number of hydrogen-bond donors (Lipinski definition) is 2. The fraction of sp³-hybridized carbons (Fsp3) is 0.364. The molecule has 14 heavy (non-hydrogen) atoms. The molecule has 1 fully saturated rings. The van der Waals surface area contributed by atoms with Gasteiger partial charge in [-0.15, -0.1) is 0 Å². The van der Waals surface area contributed by atoms with Gasteiger partial charge in [-0.25, -0.2) is 0 Å². The van der Waals surface area contributed by atoms with Crippen molar-refractivity contribution >= 4 is 11.7 Å². The van der Waals surface area contributed by atoms with E-state index in [0.29, 0.717) is 5.69 Å². The molecule has 3 heteroatoms. The second kappa shape index (κ2) is 3.01. The van der Waals surface area contributed by atoms with Gasteiger partial charge >= 0.3 is 5.97 Å². The molecule has 2 rings (SSSR count). The minimum Gasteiger partial charge on any atom is -0.481 e. The highest BCUT2D eigenvalue weighted by Crippen LogP contribution is 2.44. The van der Waals surface area contributed by atoms with Gasteiger partial charge in [0.1, 0.15) is 0 Å². The molecule has 0 amide bonds. The Bertz CT molecular complexity index is 369. The molecule has 74 valence electrons. The average Bonchev–Trinajstić information content (AvgIpc) is 2.00. The number of aliphatic carboxylic acids is 1. The Morgan fingerprint density at radius 3 is 2.57 bits per heavy atom. The van der Waals surface area contributed by atoms with Gasteiger partial charge in [-0.3, -0.25) is 4.79 Å². The molecule has 0 radical (unpaired) electrons. The molecule has 1 aromatic carbocycles. The molecule has 3 nitrogen and oxygen atoms in total. The molecular formula is C11H13NO2. The number of carboxylic acids is 1. The smallest absolute Gasteiger partial charge is 0.314 e. The van der Waals surface area contributed by atoms with Gasteiger partial charge in [0.05, 0.1) is 5.41 Å². The summed E-state index contributed by atoms with van der Waals surface area (Å²) in [4.78, 5) is 11.2. The van der Waals surface area contributed by atoms with Crippen LogP contribution in [0.3, 0.4) is 0 Å². The van der Waals surface area contributed by atoms with Gasteiger partial charge in [-0.05, 0) is 30.5 Å². The molecule has 1 aromatic rings. The first-order valence-corrected chi connectivity index (χ1v) is 4.74. The van der Waals surface area contributed by atoms with E-state index in [1.807, 2.05) is 12.1 Å². The van der Waals surface area contributed by atoms with Crippen LogP contribution in [0.15, 0.2) is 24.3 Å². The van der Waals surface area contributed by atoms with Crippen LogP contribution >= 0.6 is 0 Å². The molecule has 1 aliphatic rings. The Kier molecular flexibility index (Phi) is 1.95. The molecule has 0 aliphatic heterocycles. The first-order valence-electron chi connectivity index (χ1n) is 4.74. The molecule has 0 saturated heterocycles. The highest BCUT2D eigenvalue weighted by molar-refractivity contribution is 5.83. The van der Waals surface area contributed by atoms with Crippen molar-refractivity contribution in [1.82, 2.24) is 0 Å². The summed E-state index contributed by atoms with van der Waals surface area (Å²) in [5, 5.41) is 9.19. The zero-order valence-corrected chi connectivity index (χ0v) is 7.86. The van der Waals surface area contributed by atoms with Gasteiger partial charge in [0, 0.05) is 5.69 Å². The van der Waals surface area contributed by atoms with Crippen molar-refractivity contribution in [2.45, 2.75) is 24.7 Å². The van der Waals surface area contributed by atoms with Crippen LogP contribution < -0.4 is 5.73 Å². The fourth-order valence-electron chi connectivity index (χ4n) is 1.99. The number of nitrogen functional groups attached to an aromatic ring is 1. The lowest BCUT2D eigenvalue weighted by molar-refractivity contribution is -0.147. The summed E-state index contributed by atoms with van der Waals surface area (Å²) < 4.78 is 0. The van der Waals surface area contributed by atoms with Crippen LogP contribution in [0.1, 0.15) is 24.8 Å². The Labute approximate surface area is 82.5 Å². The number of hydrogen-bond acceptors (Lipinski definition) is 2. The molecule has 0 unspecified atom stereocenters. The minimum atomic E-state index is -0.727. The third kappa shape index (κ3) is 1.16. The van der Waals surface area contributed by atoms with Gasteiger partial charge in [0.25, 0.3) is 0 Å². The second-order valence-electron chi connectivity index (χ2n) is 3.87. The predicted octanol–water partition coefficient (Wildman–Crippen LogP) is 1.78. The number of carbonyl (C=O) groups is 1. The Morgan fingerprint density at radius 1 is 1.43 bits per heavy atom. The lowest BCUT2D eigenvalue weighted by Crippen LogP contribution is -2.42. The van der Waals surface area contributed by atoms with E-state index in [1.165, 1.54) is 0 Å². The highest BCUT2D eigenvalue weighted by atomic mass is 16.4. The number of carboxylic acid groups (broad SMARTS) is 1. The van der Waals surface area contributed by atoms with E-state index in [-0.39, 0.29) is 0 Å². The molecule has 0 bridgehead atoms. The third-order valence-corrected chi connectivity index (χ3v) is 3.06. The van der Waals surface area contributed by atoms with Gasteiger partial charge in [0.2, 0.25) is 0 Å². The summed E-state index contributed by atoms with van der Waals surface area (Å²) in [6, 6.07) is 7.21. The first kappa shape index (κ1) is 9.06. The van der Waals surface area contributed by atoms with Crippen molar-refractivity contribution in [3.63, 3.8) is 0 Å². The standard InChI is InChI=1S/C11H13NO2/c12-9-4-1-3-8(7-9)11(10(13)14)5-2-6-11/h1,3-4,7H,2,5-6,12H2,(H,13,14). The molecule has 0 spiro atoms. The molecular weight excluding hydrogens is 178 g/mol. The maximum atomic E-state index is 11.2. The van der Waals surface area contributed by atoms with E-state index in [9.17, 15) is 9.90 Å². The van der Waals surface area contributed by atoms with Crippen molar-refractivity contribution in [2.24, 2.45) is 0 Å². The second-order valence-corrected chi connectivity index (χ2v) is 3.87. The van der Waals surface area contributed by atoms with Crippen LogP contribution in [0.4, 0.5) is 5.69 Å². The van der Waals surface area contributed by atoms with Gasteiger partial charge in [-0.1, -0.05) is 18.6 Å². The van der Waals surface area contributed by atoms with Crippen molar-refractivity contribution in [3.8, 4) is 0 Å². The van der Waals surface area contributed by atoms with Crippen LogP contribution in [0.5, 0.6) is 0 Å². The normalized spacial score (nSPS) is 18.6. The maximum Gasteiger partial charge on any atom is 0.314 e. The number of nitrogens with two attached hydrogens (primary N) is 1. The van der Waals surface area contributed by atoms with Crippen LogP contribution in [-0.4, -0.2) is 11.1 Å². The SMILES string of the molecule is Nc1cccc(C2(C(=O)O)CCC2)c1. The molecule has 0 atom stereocenters. The molecule has 3 N–H and O–H groups in total. The Morgan fingerprint density at radius 2 is 2.14 bits per heavy atom. The van der Waals surface area contributed by atoms with E-state index in [2.05, 4.69) is 0 Å². The van der Waals surface area contributed by atoms with Crippen molar-refractivity contribution in [2.75, 3.05) is 5.73 Å². The molecule has 1 aliphatic carbocycles. The Hall–Kier alpha value is -1.51. The minimum absolute atomic E-state index is 0.634. The van der Waals surface area contributed by atoms with E-state index in [1.54, 1.807) is 12.1 Å². The lowest BCUT2D eigenvalue weighted by atomic mass is 9.64. The van der Waals surface area contributed by atoms with Gasteiger partial charge < -0.3 is 10.8 Å². The van der Waals surface area contributed by atoms with Crippen LogP contribution in [0.25, 0.3) is 0 Å². The third-order valence-electron chi connectivity index (χ3n) is 3.06. The fourth-order valence-corrected chi connectivity index (χ4v) is 1.99. The zero-order chi connectivity index (χ0) is 10.2. The number of benzene rings is 1. The Balaban J connectivity index is 2.42. The topological polar surface area (TPSA) is 63.3 Å². The zero-order valence-electron chi connectivity index (χ0n) is 7.86. The van der Waals surface area contributed by atoms with Crippen molar-refractivity contribution < 1.29 is 9.90 Å². The van der Waals surface area contributed by atoms with Crippen molar-refractivity contribution in [1.29, 1.82) is 0 Å².